The van der Waals surface area contributed by atoms with Gasteiger partial charge in [0, 0.05) is 21.4 Å². The van der Waals surface area contributed by atoms with Gasteiger partial charge in [-0.15, -0.1) is 0 Å². The number of Topliss-reactive ketones (excluding diaryl/α,β-unsaturated/α-hetero) is 2. The Hall–Kier alpha value is -5.16. The van der Waals surface area contributed by atoms with Crippen molar-refractivity contribution in [2.45, 2.75) is 39.8 Å². The van der Waals surface area contributed by atoms with Crippen molar-refractivity contribution < 1.29 is 28.8 Å². The van der Waals surface area contributed by atoms with E-state index in [1.165, 1.54) is 72.8 Å². The van der Waals surface area contributed by atoms with Gasteiger partial charge in [-0.3, -0.25) is 28.8 Å². The third-order valence-electron chi connectivity index (χ3n) is 8.85. The number of azo groups is 2. The predicted octanol–water partition coefficient (Wildman–Crippen LogP) is 13.4. The SMILES string of the molecule is CC(=O)C(N=Nc1cccc(C(=O)Nc2c(Cl)cc(Cl)cc2Cl)c1Cl)C(=O)Nc1cc(C)c(NC(=O)C(N=Nc2cccc(C(=O)Nc3c(Cl)cc(Cl)cc3Cl)c2Cl)C(C)=O)cc1C. The van der Waals surface area contributed by atoms with Crippen LogP contribution in [0.4, 0.5) is 34.1 Å². The van der Waals surface area contributed by atoms with Crippen LogP contribution < -0.4 is 21.3 Å². The van der Waals surface area contributed by atoms with Crippen molar-refractivity contribution in [3.05, 3.63) is 135 Å². The van der Waals surface area contributed by atoms with Crippen LogP contribution in [0.1, 0.15) is 45.7 Å². The summed E-state index contributed by atoms with van der Waals surface area (Å²) in [5.41, 5.74) is 1.49. The highest BCUT2D eigenvalue weighted by Crippen LogP contribution is 2.37. The summed E-state index contributed by atoms with van der Waals surface area (Å²) in [5.74, 6) is -4.40. The Bertz CT molecular complexity index is 2590. The van der Waals surface area contributed by atoms with Gasteiger partial charge in [-0.05, 0) is 99.5 Å². The molecule has 0 bridgehead atoms. The summed E-state index contributed by atoms with van der Waals surface area (Å²) in [6.07, 6.45) is 0. The van der Waals surface area contributed by atoms with Crippen LogP contribution in [0.2, 0.25) is 40.2 Å². The van der Waals surface area contributed by atoms with Gasteiger partial charge in [-0.2, -0.15) is 20.5 Å². The van der Waals surface area contributed by atoms with Crippen LogP contribution in [-0.2, 0) is 19.2 Å². The van der Waals surface area contributed by atoms with Crippen molar-refractivity contribution in [2.75, 3.05) is 21.3 Å². The minimum atomic E-state index is -1.63. The molecule has 0 aromatic heterocycles. The van der Waals surface area contributed by atoms with Gasteiger partial charge in [0.15, 0.2) is 11.6 Å². The largest absolute Gasteiger partial charge is 0.324 e. The number of amides is 4. The molecule has 0 saturated carbocycles. The maximum Gasteiger partial charge on any atom is 0.258 e. The monoisotopic (exact) mass is 1020 g/mol. The highest BCUT2D eigenvalue weighted by Gasteiger charge is 2.27. The molecule has 5 rings (SSSR count). The molecular weight excluding hydrogens is 996 g/mol. The number of ketones is 2. The van der Waals surface area contributed by atoms with Crippen molar-refractivity contribution in [3.8, 4) is 0 Å². The van der Waals surface area contributed by atoms with Crippen molar-refractivity contribution in [2.24, 2.45) is 20.5 Å². The Labute approximate surface area is 405 Å². The number of nitrogens with one attached hydrogen (secondary N) is 4. The number of aryl methyl sites for hydroxylation is 2. The van der Waals surface area contributed by atoms with E-state index >= 15 is 0 Å². The standard InChI is InChI=1S/C42H30Cl8N8O6/c1-17-11-32(52-42(64)36(20(4)60)58-56-30-10-6-8-24(34(30)50)40(62)54-38-27(47)15-22(44)16-28(38)48)18(2)12-31(17)51-41(63)35(19(3)59)57-55-29-9-5-7-23(33(29)49)39(61)53-37-25(45)13-21(43)14-26(37)46/h5-16,35-36H,1-4H3,(H,51,63)(H,52,64)(H,53,61)(H,54,62). The molecule has 64 heavy (non-hydrogen) atoms. The average molecular weight is 1030 g/mol. The molecule has 4 amide bonds. The summed E-state index contributed by atoms with van der Waals surface area (Å²) in [7, 11) is 0. The molecule has 4 N–H and O–H groups in total. The molecule has 0 spiro atoms. The minimum absolute atomic E-state index is 0.0250. The zero-order valence-electron chi connectivity index (χ0n) is 33.3. The fraction of sp³-hybridized carbons (Fsp3) is 0.143. The maximum absolute atomic E-state index is 13.4. The summed E-state index contributed by atoms with van der Waals surface area (Å²) >= 11 is 49.7. The van der Waals surface area contributed by atoms with Gasteiger partial charge < -0.3 is 21.3 Å². The second-order valence-electron chi connectivity index (χ2n) is 13.6. The highest BCUT2D eigenvalue weighted by atomic mass is 35.5. The van der Waals surface area contributed by atoms with E-state index in [1.807, 2.05) is 0 Å². The normalized spacial score (nSPS) is 12.2. The van der Waals surface area contributed by atoms with Gasteiger partial charge in [0.05, 0.1) is 52.6 Å². The Kier molecular flexibility index (Phi) is 16.9. The molecule has 0 saturated heterocycles. The highest BCUT2D eigenvalue weighted by molar-refractivity contribution is 6.44. The fourth-order valence-electron chi connectivity index (χ4n) is 5.59. The van der Waals surface area contributed by atoms with E-state index in [2.05, 4.69) is 41.7 Å². The first kappa shape index (κ1) is 49.8. The first-order valence-corrected chi connectivity index (χ1v) is 21.2. The minimum Gasteiger partial charge on any atom is -0.324 e. The molecule has 2 atom stereocenters. The molecule has 0 aliphatic heterocycles. The lowest BCUT2D eigenvalue weighted by molar-refractivity contribution is -0.127. The van der Waals surface area contributed by atoms with Crippen LogP contribution in [0.15, 0.2) is 93.3 Å². The third kappa shape index (κ3) is 12.1. The fourth-order valence-corrected chi connectivity index (χ4v) is 7.92. The summed E-state index contributed by atoms with van der Waals surface area (Å²) in [5, 5.41) is 26.9. The van der Waals surface area contributed by atoms with Gasteiger partial charge in [0.1, 0.15) is 11.4 Å². The molecule has 5 aromatic carbocycles. The molecule has 0 aliphatic carbocycles. The predicted molar refractivity (Wildman–Crippen MR) is 253 cm³/mol. The molecule has 330 valence electrons. The Morgan fingerprint density at radius 1 is 0.484 bits per heavy atom. The number of nitrogens with zero attached hydrogens (tertiary/aromatic N) is 4. The number of benzene rings is 5. The molecule has 2 unspecified atom stereocenters. The van der Waals surface area contributed by atoms with Gasteiger partial charge >= 0.3 is 0 Å². The van der Waals surface area contributed by atoms with Crippen LogP contribution in [0.25, 0.3) is 0 Å². The van der Waals surface area contributed by atoms with E-state index in [-0.39, 0.29) is 85.4 Å². The molecule has 0 fully saturated rings. The van der Waals surface area contributed by atoms with Crippen molar-refractivity contribution in [3.63, 3.8) is 0 Å². The van der Waals surface area contributed by atoms with Gasteiger partial charge in [0.2, 0.25) is 12.1 Å². The van der Waals surface area contributed by atoms with Gasteiger partial charge in [0.25, 0.3) is 23.6 Å². The zero-order valence-corrected chi connectivity index (χ0v) is 39.4. The molecule has 22 heteroatoms. The first-order valence-electron chi connectivity index (χ1n) is 18.2. The lowest BCUT2D eigenvalue weighted by atomic mass is 10.1. The van der Waals surface area contributed by atoms with Gasteiger partial charge in [-0.25, -0.2) is 0 Å². The topological polar surface area (TPSA) is 200 Å². The summed E-state index contributed by atoms with van der Waals surface area (Å²) in [6, 6.07) is 14.0. The molecular formula is C42H30Cl8N8O6. The van der Waals surface area contributed by atoms with E-state index < -0.39 is 47.3 Å². The number of carbonyl (C=O) groups excluding carboxylic acids is 6. The number of halogens is 8. The molecule has 0 radical (unpaired) electrons. The number of anilines is 4. The molecule has 0 aliphatic rings. The second kappa shape index (κ2) is 21.7. The zero-order chi connectivity index (χ0) is 47.2. The maximum atomic E-state index is 13.4. The van der Waals surface area contributed by atoms with Crippen LogP contribution in [0.5, 0.6) is 0 Å². The van der Waals surface area contributed by atoms with E-state index in [0.29, 0.717) is 11.1 Å². The van der Waals surface area contributed by atoms with E-state index in [0.717, 1.165) is 13.8 Å². The molecule has 0 heterocycles. The van der Waals surface area contributed by atoms with E-state index in [4.69, 9.17) is 92.8 Å². The summed E-state index contributed by atoms with van der Waals surface area (Å²) in [6.45, 7) is 5.53. The van der Waals surface area contributed by atoms with Crippen LogP contribution >= 0.6 is 92.8 Å². The molecule has 14 nitrogen and oxygen atoms in total. The summed E-state index contributed by atoms with van der Waals surface area (Å²) < 4.78 is 0. The first-order chi connectivity index (χ1) is 30.2. The quantitative estimate of drug-likeness (QED) is 0.0630. The number of rotatable bonds is 14. The average Bonchev–Trinajstić information content (AvgIpc) is 3.20. The van der Waals surface area contributed by atoms with E-state index in [9.17, 15) is 28.8 Å². The third-order valence-corrected chi connectivity index (χ3v) is 11.3. The van der Waals surface area contributed by atoms with Crippen LogP contribution in [0.3, 0.4) is 0 Å². The number of hydrogen-bond acceptors (Lipinski definition) is 10. The van der Waals surface area contributed by atoms with Crippen molar-refractivity contribution >= 4 is 162 Å². The van der Waals surface area contributed by atoms with Gasteiger partial charge in [-0.1, -0.05) is 105 Å². The Balaban J connectivity index is 1.28. The Morgan fingerprint density at radius 2 is 0.812 bits per heavy atom. The van der Waals surface area contributed by atoms with Crippen molar-refractivity contribution in [1.82, 2.24) is 0 Å². The lowest BCUT2D eigenvalue weighted by Gasteiger charge is -2.16. The Morgan fingerprint density at radius 3 is 1.12 bits per heavy atom. The van der Waals surface area contributed by atoms with Crippen LogP contribution in [0, 0.1) is 13.8 Å². The number of carbonyl (C=O) groups is 6. The second-order valence-corrected chi connectivity index (χ2v) is 16.8. The van der Waals surface area contributed by atoms with E-state index in [1.54, 1.807) is 13.8 Å². The summed E-state index contributed by atoms with van der Waals surface area (Å²) in [4.78, 5) is 78.3. The molecule has 5 aromatic rings. The smallest absolute Gasteiger partial charge is 0.258 e. The lowest BCUT2D eigenvalue weighted by Crippen LogP contribution is -2.32. The van der Waals surface area contributed by atoms with Crippen molar-refractivity contribution in [1.29, 1.82) is 0 Å². The van der Waals surface area contributed by atoms with Crippen LogP contribution in [-0.4, -0.2) is 47.3 Å². The number of hydrogen-bond donors (Lipinski definition) is 4.